The Labute approximate surface area is 132 Å². The topological polar surface area (TPSA) is 50.7 Å². The molecule has 0 unspecified atom stereocenters. The van der Waals surface area contributed by atoms with Crippen molar-refractivity contribution >= 4 is 34.6 Å². The molecule has 6 heteroatoms. The van der Waals surface area contributed by atoms with Crippen LogP contribution < -0.4 is 10.2 Å². The van der Waals surface area contributed by atoms with E-state index >= 15 is 0 Å². The molecule has 0 bridgehead atoms. The molecule has 0 fully saturated rings. The SMILES string of the molecule is C/C(=N\NC(=O)COc1ccc(Cl)cc1)c1ccc(C)s1. The Morgan fingerprint density at radius 1 is 1.29 bits per heavy atom. The van der Waals surface area contributed by atoms with Crippen molar-refractivity contribution < 1.29 is 9.53 Å². The Kier molecular flexibility index (Phi) is 5.36. The van der Waals surface area contributed by atoms with E-state index in [9.17, 15) is 4.79 Å². The van der Waals surface area contributed by atoms with E-state index in [4.69, 9.17) is 16.3 Å². The van der Waals surface area contributed by atoms with Crippen LogP contribution in [0.5, 0.6) is 5.75 Å². The number of hydrogen-bond acceptors (Lipinski definition) is 4. The second-order valence-corrected chi connectivity index (χ2v) is 6.11. The molecule has 0 aliphatic heterocycles. The van der Waals surface area contributed by atoms with Gasteiger partial charge in [-0.2, -0.15) is 5.10 Å². The zero-order valence-electron chi connectivity index (χ0n) is 11.7. The summed E-state index contributed by atoms with van der Waals surface area (Å²) in [5.41, 5.74) is 3.25. The monoisotopic (exact) mass is 322 g/mol. The van der Waals surface area contributed by atoms with Gasteiger partial charge in [0.2, 0.25) is 0 Å². The number of nitrogens with zero attached hydrogens (tertiary/aromatic N) is 1. The number of halogens is 1. The van der Waals surface area contributed by atoms with E-state index < -0.39 is 0 Å². The van der Waals surface area contributed by atoms with Crippen molar-refractivity contribution in [3.05, 3.63) is 51.2 Å². The van der Waals surface area contributed by atoms with E-state index in [1.165, 1.54) is 4.88 Å². The Balaban J connectivity index is 1.83. The van der Waals surface area contributed by atoms with Crippen LogP contribution >= 0.6 is 22.9 Å². The fourth-order valence-corrected chi connectivity index (χ4v) is 2.48. The lowest BCUT2D eigenvalue weighted by Gasteiger charge is -2.05. The van der Waals surface area contributed by atoms with Gasteiger partial charge in [0.05, 0.1) is 10.6 Å². The number of aryl methyl sites for hydroxylation is 1. The molecule has 1 N–H and O–H groups in total. The second kappa shape index (κ2) is 7.24. The molecule has 110 valence electrons. The summed E-state index contributed by atoms with van der Waals surface area (Å²) in [6, 6.07) is 10.8. The van der Waals surface area contributed by atoms with Crippen LogP contribution in [0.1, 0.15) is 16.7 Å². The lowest BCUT2D eigenvalue weighted by Crippen LogP contribution is -2.25. The van der Waals surface area contributed by atoms with Crippen LogP contribution in [0.4, 0.5) is 0 Å². The van der Waals surface area contributed by atoms with E-state index in [1.54, 1.807) is 35.6 Å². The van der Waals surface area contributed by atoms with Crippen LogP contribution in [0.25, 0.3) is 0 Å². The van der Waals surface area contributed by atoms with Gasteiger partial charge in [-0.3, -0.25) is 4.79 Å². The maximum absolute atomic E-state index is 11.7. The summed E-state index contributed by atoms with van der Waals surface area (Å²) in [6.07, 6.45) is 0. The van der Waals surface area contributed by atoms with Crippen LogP contribution in [-0.4, -0.2) is 18.2 Å². The molecule has 2 aromatic rings. The molecule has 1 heterocycles. The van der Waals surface area contributed by atoms with Crippen LogP contribution in [0.3, 0.4) is 0 Å². The number of hydrazone groups is 1. The molecule has 0 atom stereocenters. The summed E-state index contributed by atoms with van der Waals surface area (Å²) in [4.78, 5) is 13.9. The molecule has 0 radical (unpaired) electrons. The Morgan fingerprint density at radius 2 is 2.00 bits per heavy atom. The first-order valence-electron chi connectivity index (χ1n) is 6.33. The zero-order valence-corrected chi connectivity index (χ0v) is 13.3. The number of nitrogens with one attached hydrogen (secondary N) is 1. The molecule has 0 aliphatic carbocycles. The predicted molar refractivity (Wildman–Crippen MR) is 86.4 cm³/mol. The molecule has 1 aromatic heterocycles. The fourth-order valence-electron chi connectivity index (χ4n) is 1.54. The summed E-state index contributed by atoms with van der Waals surface area (Å²) >= 11 is 7.40. The van der Waals surface area contributed by atoms with Gasteiger partial charge in [0.1, 0.15) is 5.75 Å². The molecule has 1 aromatic carbocycles. The standard InChI is InChI=1S/C15H15ClN2O2S/c1-10-3-8-14(21-10)11(2)17-18-15(19)9-20-13-6-4-12(16)5-7-13/h3-8H,9H2,1-2H3,(H,18,19)/b17-11+. The van der Waals surface area contributed by atoms with E-state index in [0.29, 0.717) is 10.8 Å². The Bertz CT molecular complexity index is 650. The van der Waals surface area contributed by atoms with Gasteiger partial charge >= 0.3 is 0 Å². The summed E-state index contributed by atoms with van der Waals surface area (Å²) in [5, 5.41) is 4.68. The quantitative estimate of drug-likeness (QED) is 0.675. The van der Waals surface area contributed by atoms with Crippen LogP contribution in [0, 0.1) is 6.92 Å². The minimum atomic E-state index is -0.308. The van der Waals surface area contributed by atoms with Gasteiger partial charge in [0, 0.05) is 9.90 Å². The van der Waals surface area contributed by atoms with Gasteiger partial charge in [-0.1, -0.05) is 11.6 Å². The molecule has 0 saturated carbocycles. The number of rotatable bonds is 5. The molecule has 0 saturated heterocycles. The summed E-state index contributed by atoms with van der Waals surface area (Å²) in [7, 11) is 0. The highest BCUT2D eigenvalue weighted by Crippen LogP contribution is 2.16. The zero-order chi connectivity index (χ0) is 15.2. The van der Waals surface area contributed by atoms with Gasteiger partial charge in [0.25, 0.3) is 5.91 Å². The number of benzene rings is 1. The van der Waals surface area contributed by atoms with E-state index in [0.717, 1.165) is 10.6 Å². The van der Waals surface area contributed by atoms with Crippen LogP contribution in [-0.2, 0) is 4.79 Å². The number of carbonyl (C=O) groups is 1. The van der Waals surface area contributed by atoms with Crippen molar-refractivity contribution in [1.82, 2.24) is 5.43 Å². The second-order valence-electron chi connectivity index (χ2n) is 4.39. The van der Waals surface area contributed by atoms with Crippen molar-refractivity contribution in [2.75, 3.05) is 6.61 Å². The van der Waals surface area contributed by atoms with Gasteiger partial charge in [-0.25, -0.2) is 5.43 Å². The molecular weight excluding hydrogens is 308 g/mol. The summed E-state index contributed by atoms with van der Waals surface area (Å²) in [6.45, 7) is 3.79. The third-order valence-electron chi connectivity index (χ3n) is 2.63. The number of carbonyl (C=O) groups excluding carboxylic acids is 1. The van der Waals surface area contributed by atoms with Gasteiger partial charge in [-0.15, -0.1) is 11.3 Å². The Hall–Kier alpha value is -1.85. The highest BCUT2D eigenvalue weighted by Gasteiger charge is 2.04. The molecular formula is C15H15ClN2O2S. The molecule has 4 nitrogen and oxygen atoms in total. The normalized spacial score (nSPS) is 11.3. The molecule has 21 heavy (non-hydrogen) atoms. The predicted octanol–water partition coefficient (Wildman–Crippen LogP) is 3.63. The first kappa shape index (κ1) is 15.5. The molecule has 0 aliphatic rings. The number of thiophene rings is 1. The van der Waals surface area contributed by atoms with Gasteiger partial charge in [-0.05, 0) is 50.2 Å². The maximum Gasteiger partial charge on any atom is 0.277 e. The minimum absolute atomic E-state index is 0.0954. The van der Waals surface area contributed by atoms with Crippen molar-refractivity contribution in [1.29, 1.82) is 0 Å². The molecule has 1 amide bonds. The minimum Gasteiger partial charge on any atom is -0.484 e. The van der Waals surface area contributed by atoms with Gasteiger partial charge in [0.15, 0.2) is 6.61 Å². The van der Waals surface area contributed by atoms with E-state index in [2.05, 4.69) is 10.5 Å². The van der Waals surface area contributed by atoms with E-state index in [1.807, 2.05) is 26.0 Å². The molecule has 0 spiro atoms. The highest BCUT2D eigenvalue weighted by molar-refractivity contribution is 7.14. The van der Waals surface area contributed by atoms with Crippen LogP contribution in [0.15, 0.2) is 41.5 Å². The van der Waals surface area contributed by atoms with E-state index in [-0.39, 0.29) is 12.5 Å². The molecule has 2 rings (SSSR count). The van der Waals surface area contributed by atoms with Crippen molar-refractivity contribution in [3.8, 4) is 5.75 Å². The third-order valence-corrected chi connectivity index (χ3v) is 3.99. The van der Waals surface area contributed by atoms with Crippen molar-refractivity contribution in [2.45, 2.75) is 13.8 Å². The smallest absolute Gasteiger partial charge is 0.277 e. The average Bonchev–Trinajstić information content (AvgIpc) is 2.91. The lowest BCUT2D eigenvalue weighted by atomic mass is 10.3. The lowest BCUT2D eigenvalue weighted by molar-refractivity contribution is -0.123. The number of ether oxygens (including phenoxy) is 1. The summed E-state index contributed by atoms with van der Waals surface area (Å²) in [5.74, 6) is 0.279. The summed E-state index contributed by atoms with van der Waals surface area (Å²) < 4.78 is 5.33. The average molecular weight is 323 g/mol. The van der Waals surface area contributed by atoms with Crippen LogP contribution in [0.2, 0.25) is 5.02 Å². The fraction of sp³-hybridized carbons (Fsp3) is 0.200. The Morgan fingerprint density at radius 3 is 2.62 bits per heavy atom. The highest BCUT2D eigenvalue weighted by atomic mass is 35.5. The first-order chi connectivity index (χ1) is 10.0. The maximum atomic E-state index is 11.7. The largest absolute Gasteiger partial charge is 0.484 e. The first-order valence-corrected chi connectivity index (χ1v) is 7.52. The van der Waals surface area contributed by atoms with Crippen molar-refractivity contribution in [2.24, 2.45) is 5.10 Å². The third kappa shape index (κ3) is 4.88. The van der Waals surface area contributed by atoms with Crippen molar-refractivity contribution in [3.63, 3.8) is 0 Å². The van der Waals surface area contributed by atoms with Gasteiger partial charge < -0.3 is 4.74 Å². The number of hydrogen-bond donors (Lipinski definition) is 1. The number of amides is 1.